The van der Waals surface area contributed by atoms with Gasteiger partial charge in [-0.15, -0.1) is 0 Å². The van der Waals surface area contributed by atoms with Crippen molar-refractivity contribution in [2.75, 3.05) is 12.8 Å². The summed E-state index contributed by atoms with van der Waals surface area (Å²) in [6.45, 7) is 0.220. The van der Waals surface area contributed by atoms with Crippen molar-refractivity contribution in [3.8, 4) is 5.75 Å². The molecule has 1 aromatic carbocycles. The zero-order valence-corrected chi connectivity index (χ0v) is 12.0. The molecule has 0 aliphatic heterocycles. The van der Waals surface area contributed by atoms with Crippen molar-refractivity contribution in [3.63, 3.8) is 0 Å². The van der Waals surface area contributed by atoms with Gasteiger partial charge in [0, 0.05) is 17.3 Å². The highest BCUT2D eigenvalue weighted by molar-refractivity contribution is 8.00. The summed E-state index contributed by atoms with van der Waals surface area (Å²) in [5.41, 5.74) is 0.968. The zero-order valence-electron chi connectivity index (χ0n) is 11.2. The fourth-order valence-corrected chi connectivity index (χ4v) is 2.75. The van der Waals surface area contributed by atoms with Crippen molar-refractivity contribution >= 4 is 11.8 Å². The van der Waals surface area contributed by atoms with Gasteiger partial charge in [-0.1, -0.05) is 12.1 Å². The highest BCUT2D eigenvalue weighted by atomic mass is 32.2. The molecular formula is C14H19F2NOS. The lowest BCUT2D eigenvalue weighted by Gasteiger charge is -2.19. The first kappa shape index (κ1) is 14.6. The molecule has 0 heterocycles. The molecule has 1 aliphatic carbocycles. The molecule has 1 saturated carbocycles. The largest absolute Gasteiger partial charge is 0.435 e. The second-order valence-corrected chi connectivity index (χ2v) is 6.21. The van der Waals surface area contributed by atoms with Crippen LogP contribution in [0.5, 0.6) is 5.75 Å². The minimum Gasteiger partial charge on any atom is -0.435 e. The summed E-state index contributed by atoms with van der Waals surface area (Å²) in [5.74, 6) is 0.215. The highest BCUT2D eigenvalue weighted by Gasteiger charge is 2.41. The van der Waals surface area contributed by atoms with E-state index < -0.39 is 6.61 Å². The van der Waals surface area contributed by atoms with Crippen LogP contribution in [0.4, 0.5) is 8.78 Å². The molecule has 106 valence electrons. The molecule has 0 radical (unpaired) electrons. The predicted octanol–water partition coefficient (Wildman–Crippen LogP) is 3.83. The number of hydrogen-bond acceptors (Lipinski definition) is 3. The summed E-state index contributed by atoms with van der Waals surface area (Å²) in [6.07, 6.45) is 4.64. The Morgan fingerprint density at radius 2 is 2.16 bits per heavy atom. The lowest BCUT2D eigenvalue weighted by atomic mass is 10.1. The Morgan fingerprint density at radius 3 is 2.74 bits per heavy atom. The summed E-state index contributed by atoms with van der Waals surface area (Å²) in [5, 5.41) is 3.47. The molecule has 1 N–H and O–H groups in total. The first-order valence-electron chi connectivity index (χ1n) is 6.38. The second-order valence-electron chi connectivity index (χ2n) is 4.94. The molecule has 1 atom stereocenters. The van der Waals surface area contributed by atoms with Gasteiger partial charge in [0.05, 0.1) is 0 Å². The Bertz CT molecular complexity index is 424. The molecule has 0 amide bonds. The number of halogens is 2. The first-order chi connectivity index (χ1) is 9.04. The third-order valence-electron chi connectivity index (χ3n) is 3.55. The Kier molecular flexibility index (Phi) is 4.68. The maximum atomic E-state index is 12.2. The quantitative estimate of drug-likeness (QED) is 0.823. The fraction of sp³-hybridized carbons (Fsp3) is 0.571. The average molecular weight is 287 g/mol. The van der Waals surface area contributed by atoms with Crippen LogP contribution < -0.4 is 10.1 Å². The van der Waals surface area contributed by atoms with Gasteiger partial charge in [0.1, 0.15) is 5.75 Å². The summed E-state index contributed by atoms with van der Waals surface area (Å²) in [4.78, 5) is 0. The van der Waals surface area contributed by atoms with Gasteiger partial charge in [0.15, 0.2) is 0 Å². The molecule has 1 aliphatic rings. The topological polar surface area (TPSA) is 21.3 Å². The van der Waals surface area contributed by atoms with Crippen molar-refractivity contribution in [1.29, 1.82) is 0 Å². The van der Waals surface area contributed by atoms with Crippen LogP contribution in [-0.4, -0.2) is 24.2 Å². The number of ether oxygens (including phenoxy) is 1. The van der Waals surface area contributed by atoms with E-state index in [0.717, 1.165) is 12.1 Å². The van der Waals surface area contributed by atoms with Gasteiger partial charge in [-0.3, -0.25) is 0 Å². The van der Waals surface area contributed by atoms with E-state index in [9.17, 15) is 8.78 Å². The van der Waals surface area contributed by atoms with Crippen LogP contribution in [0.3, 0.4) is 0 Å². The van der Waals surface area contributed by atoms with Crippen LogP contribution in [0.25, 0.3) is 0 Å². The normalized spacial score (nSPS) is 18.4. The van der Waals surface area contributed by atoms with E-state index in [1.165, 1.54) is 12.8 Å². The number of nitrogens with one attached hydrogen (secondary N) is 1. The molecule has 2 rings (SSSR count). The van der Waals surface area contributed by atoms with Gasteiger partial charge >= 0.3 is 6.61 Å². The van der Waals surface area contributed by atoms with Crippen molar-refractivity contribution in [3.05, 3.63) is 29.8 Å². The van der Waals surface area contributed by atoms with Crippen molar-refractivity contribution in [2.24, 2.45) is 0 Å². The minimum absolute atomic E-state index is 0.130. The number of thioether (sulfide) groups is 1. The first-order valence-corrected chi connectivity index (χ1v) is 7.60. The van der Waals surface area contributed by atoms with E-state index in [2.05, 4.69) is 16.3 Å². The van der Waals surface area contributed by atoms with Crippen molar-refractivity contribution in [2.45, 2.75) is 37.2 Å². The van der Waals surface area contributed by atoms with Gasteiger partial charge in [0.2, 0.25) is 0 Å². The summed E-state index contributed by atoms with van der Waals surface area (Å²) in [7, 11) is 0. The molecule has 0 spiro atoms. The fourth-order valence-electron chi connectivity index (χ4n) is 2.01. The average Bonchev–Trinajstić information content (AvgIpc) is 3.16. The van der Waals surface area contributed by atoms with Crippen LogP contribution in [0, 0.1) is 0 Å². The lowest BCUT2D eigenvalue weighted by Crippen LogP contribution is -2.28. The smallest absolute Gasteiger partial charge is 0.387 e. The summed E-state index contributed by atoms with van der Waals surface area (Å²) >= 11 is 1.90. The molecule has 5 heteroatoms. The Balaban J connectivity index is 1.92. The Labute approximate surface area is 116 Å². The minimum atomic E-state index is -2.77. The van der Waals surface area contributed by atoms with E-state index in [0.29, 0.717) is 4.75 Å². The molecule has 0 saturated heterocycles. The summed E-state index contributed by atoms with van der Waals surface area (Å²) in [6, 6.07) is 7.02. The number of hydrogen-bond donors (Lipinski definition) is 1. The van der Waals surface area contributed by atoms with Crippen LogP contribution in [0.1, 0.15) is 31.4 Å². The van der Waals surface area contributed by atoms with Crippen LogP contribution in [0.15, 0.2) is 24.3 Å². The van der Waals surface area contributed by atoms with E-state index in [-0.39, 0.29) is 11.8 Å². The molecule has 1 fully saturated rings. The van der Waals surface area contributed by atoms with Crippen LogP contribution in [-0.2, 0) is 0 Å². The summed E-state index contributed by atoms with van der Waals surface area (Å²) < 4.78 is 29.2. The van der Waals surface area contributed by atoms with E-state index in [4.69, 9.17) is 0 Å². The highest BCUT2D eigenvalue weighted by Crippen LogP contribution is 2.46. The van der Waals surface area contributed by atoms with Gasteiger partial charge in [-0.25, -0.2) is 0 Å². The monoisotopic (exact) mass is 287 g/mol. The number of rotatable bonds is 7. The van der Waals surface area contributed by atoms with Crippen molar-refractivity contribution < 1.29 is 13.5 Å². The number of benzene rings is 1. The second kappa shape index (κ2) is 6.09. The van der Waals surface area contributed by atoms with Crippen LogP contribution >= 0.6 is 11.8 Å². The predicted molar refractivity (Wildman–Crippen MR) is 75.0 cm³/mol. The Hall–Kier alpha value is -0.810. The molecular weight excluding hydrogens is 268 g/mol. The standard InChI is InChI=1S/C14H19F2NOS/c1-10(17-9-14(19-2)6-7-14)11-4-3-5-12(8-11)18-13(15)16/h3-5,8,10,13,17H,6-7,9H2,1-2H3. The van der Waals surface area contributed by atoms with Gasteiger partial charge in [-0.05, 0) is 43.7 Å². The van der Waals surface area contributed by atoms with E-state index in [1.807, 2.05) is 24.8 Å². The zero-order chi connectivity index (χ0) is 13.9. The molecule has 19 heavy (non-hydrogen) atoms. The van der Waals surface area contributed by atoms with Crippen LogP contribution in [0.2, 0.25) is 0 Å². The molecule has 2 nitrogen and oxygen atoms in total. The van der Waals surface area contributed by atoms with Gasteiger partial charge in [-0.2, -0.15) is 20.5 Å². The SMILES string of the molecule is CSC1(CNC(C)c2cccc(OC(F)F)c2)CC1. The lowest BCUT2D eigenvalue weighted by molar-refractivity contribution is -0.0499. The van der Waals surface area contributed by atoms with Gasteiger partial charge < -0.3 is 10.1 Å². The van der Waals surface area contributed by atoms with E-state index >= 15 is 0 Å². The third-order valence-corrected chi connectivity index (χ3v) is 4.97. The number of alkyl halides is 2. The maximum Gasteiger partial charge on any atom is 0.387 e. The molecule has 1 aromatic rings. The maximum absolute atomic E-state index is 12.2. The molecule has 1 unspecified atom stereocenters. The Morgan fingerprint density at radius 1 is 1.42 bits per heavy atom. The third kappa shape index (κ3) is 4.08. The molecule has 0 aromatic heterocycles. The van der Waals surface area contributed by atoms with Crippen molar-refractivity contribution in [1.82, 2.24) is 5.32 Å². The van der Waals surface area contributed by atoms with E-state index in [1.54, 1.807) is 18.2 Å². The molecule has 0 bridgehead atoms. The van der Waals surface area contributed by atoms with Gasteiger partial charge in [0.25, 0.3) is 0 Å².